The second-order valence-electron chi connectivity index (χ2n) is 20.6. The fraction of sp³-hybridized carbons (Fsp3) is 0.828. The van der Waals surface area contributed by atoms with Crippen LogP contribution in [0.5, 0.6) is 0 Å². The zero-order chi connectivity index (χ0) is 50.7. The summed E-state index contributed by atoms with van der Waals surface area (Å²) in [4.78, 5) is 38.3. The number of allylic oxidation sites excluding steroid dienone is 8. The summed E-state index contributed by atoms with van der Waals surface area (Å²) in [5, 5.41) is 0. The van der Waals surface area contributed by atoms with Crippen molar-refractivity contribution in [2.75, 3.05) is 13.2 Å². The SMILES string of the molecule is CCCCC/C=C\C/C=C\CCCCCCCCCCCC(=O)OCC(COC(=O)CCCCCCC/C=C\C/C=C\CCCCCC)OC(=O)CCCCCCCCCCCCCCCCCCC. The van der Waals surface area contributed by atoms with Crippen molar-refractivity contribution in [1.82, 2.24) is 0 Å². The molecule has 0 aromatic heterocycles. The Morgan fingerprint density at radius 3 is 0.829 bits per heavy atom. The summed E-state index contributed by atoms with van der Waals surface area (Å²) in [5.74, 6) is -0.875. The summed E-state index contributed by atoms with van der Waals surface area (Å²) in [5.41, 5.74) is 0. The molecule has 0 spiro atoms. The van der Waals surface area contributed by atoms with E-state index < -0.39 is 6.10 Å². The predicted octanol–water partition coefficient (Wildman–Crippen LogP) is 20.6. The first-order valence-electron chi connectivity index (χ1n) is 30.6. The lowest BCUT2D eigenvalue weighted by molar-refractivity contribution is -0.167. The van der Waals surface area contributed by atoms with Gasteiger partial charge >= 0.3 is 17.9 Å². The normalized spacial score (nSPS) is 12.3. The van der Waals surface area contributed by atoms with E-state index in [9.17, 15) is 14.4 Å². The van der Waals surface area contributed by atoms with Gasteiger partial charge in [0, 0.05) is 19.3 Å². The molecule has 1 unspecified atom stereocenters. The maximum atomic E-state index is 12.9. The molecule has 0 saturated carbocycles. The third-order valence-corrected chi connectivity index (χ3v) is 13.6. The summed E-state index contributed by atoms with van der Waals surface area (Å²) in [7, 11) is 0. The van der Waals surface area contributed by atoms with Gasteiger partial charge in [-0.05, 0) is 83.5 Å². The Hall–Kier alpha value is -2.63. The zero-order valence-corrected chi connectivity index (χ0v) is 46.8. The standard InChI is InChI=1S/C64H116O6/c1-4-7-10-13-16-19-22-25-28-31-32-34-36-39-42-45-48-51-54-57-63(66)69-60-61(59-68-62(65)56-53-50-47-44-41-38-35-30-27-24-21-18-15-12-9-6-3)70-64(67)58-55-52-49-46-43-40-37-33-29-26-23-20-17-14-11-8-5-2/h16,19,21,24-25,28,30,35,61H,4-15,17-18,20,22-23,26-27,29,31-34,36-60H2,1-3H3/b19-16-,24-21-,28-25-,35-30-. The molecule has 0 aromatic rings. The van der Waals surface area contributed by atoms with Crippen molar-refractivity contribution in [3.63, 3.8) is 0 Å². The van der Waals surface area contributed by atoms with Crippen molar-refractivity contribution in [2.24, 2.45) is 0 Å². The fourth-order valence-corrected chi connectivity index (χ4v) is 8.92. The Balaban J connectivity index is 4.36. The monoisotopic (exact) mass is 981 g/mol. The molecule has 0 aromatic carbocycles. The van der Waals surface area contributed by atoms with Gasteiger partial charge in [-0.15, -0.1) is 0 Å². The van der Waals surface area contributed by atoms with Crippen molar-refractivity contribution in [3.05, 3.63) is 48.6 Å². The van der Waals surface area contributed by atoms with Gasteiger partial charge in [0.1, 0.15) is 13.2 Å². The topological polar surface area (TPSA) is 78.9 Å². The molecular formula is C64H116O6. The van der Waals surface area contributed by atoms with Gasteiger partial charge in [0.05, 0.1) is 0 Å². The summed E-state index contributed by atoms with van der Waals surface area (Å²) < 4.78 is 16.9. The Morgan fingerprint density at radius 2 is 0.514 bits per heavy atom. The number of ether oxygens (including phenoxy) is 3. The van der Waals surface area contributed by atoms with Gasteiger partial charge in [-0.25, -0.2) is 0 Å². The highest BCUT2D eigenvalue weighted by molar-refractivity contribution is 5.71. The van der Waals surface area contributed by atoms with Gasteiger partial charge < -0.3 is 14.2 Å². The number of esters is 3. The van der Waals surface area contributed by atoms with Crippen LogP contribution in [-0.4, -0.2) is 37.2 Å². The average Bonchev–Trinajstić information content (AvgIpc) is 3.36. The minimum Gasteiger partial charge on any atom is -0.462 e. The molecule has 6 heteroatoms. The number of rotatable bonds is 56. The van der Waals surface area contributed by atoms with Crippen molar-refractivity contribution >= 4 is 17.9 Å². The Bertz CT molecular complexity index is 1220. The largest absolute Gasteiger partial charge is 0.462 e. The van der Waals surface area contributed by atoms with Crippen LogP contribution >= 0.6 is 0 Å². The average molecular weight is 982 g/mol. The Kier molecular flexibility index (Phi) is 56.7. The molecular weight excluding hydrogens is 865 g/mol. The summed E-state index contributed by atoms with van der Waals surface area (Å²) in [6, 6.07) is 0. The molecule has 0 heterocycles. The summed E-state index contributed by atoms with van der Waals surface area (Å²) in [6.07, 6.45) is 72.4. The van der Waals surface area contributed by atoms with Crippen LogP contribution in [0, 0.1) is 0 Å². The number of hydrogen-bond donors (Lipinski definition) is 0. The lowest BCUT2D eigenvalue weighted by atomic mass is 10.0. The molecule has 70 heavy (non-hydrogen) atoms. The molecule has 0 aliphatic carbocycles. The van der Waals surface area contributed by atoms with E-state index in [-0.39, 0.29) is 31.1 Å². The molecule has 0 bridgehead atoms. The highest BCUT2D eigenvalue weighted by atomic mass is 16.6. The molecule has 6 nitrogen and oxygen atoms in total. The molecule has 0 aliphatic rings. The number of carbonyl (C=O) groups is 3. The summed E-state index contributed by atoms with van der Waals surface area (Å²) >= 11 is 0. The van der Waals surface area contributed by atoms with E-state index in [0.29, 0.717) is 19.3 Å². The van der Waals surface area contributed by atoms with Crippen LogP contribution in [0.15, 0.2) is 48.6 Å². The molecule has 0 aliphatic heterocycles. The maximum Gasteiger partial charge on any atom is 0.306 e. The molecule has 0 amide bonds. The third kappa shape index (κ3) is 56.3. The maximum absolute atomic E-state index is 12.9. The van der Waals surface area contributed by atoms with Crippen LogP contribution in [0.25, 0.3) is 0 Å². The van der Waals surface area contributed by atoms with Gasteiger partial charge in [0.25, 0.3) is 0 Å². The van der Waals surface area contributed by atoms with Gasteiger partial charge in [0.15, 0.2) is 6.10 Å². The van der Waals surface area contributed by atoms with Crippen LogP contribution in [0.1, 0.15) is 323 Å². The molecule has 0 fully saturated rings. The third-order valence-electron chi connectivity index (χ3n) is 13.6. The van der Waals surface area contributed by atoms with Crippen molar-refractivity contribution in [1.29, 1.82) is 0 Å². The quantitative estimate of drug-likeness (QED) is 0.0261. The van der Waals surface area contributed by atoms with E-state index in [0.717, 1.165) is 83.5 Å². The van der Waals surface area contributed by atoms with E-state index >= 15 is 0 Å². The molecule has 408 valence electrons. The smallest absolute Gasteiger partial charge is 0.306 e. The van der Waals surface area contributed by atoms with Crippen LogP contribution in [-0.2, 0) is 28.6 Å². The number of hydrogen-bond acceptors (Lipinski definition) is 6. The highest BCUT2D eigenvalue weighted by Gasteiger charge is 2.19. The highest BCUT2D eigenvalue weighted by Crippen LogP contribution is 2.17. The van der Waals surface area contributed by atoms with Gasteiger partial charge in [-0.1, -0.05) is 268 Å². The van der Waals surface area contributed by atoms with Crippen LogP contribution in [0.2, 0.25) is 0 Å². The second-order valence-corrected chi connectivity index (χ2v) is 20.6. The number of unbranched alkanes of at least 4 members (excludes halogenated alkanes) is 37. The minimum absolute atomic E-state index is 0.0767. The molecule has 0 saturated heterocycles. The molecule has 1 atom stereocenters. The Morgan fingerprint density at radius 1 is 0.286 bits per heavy atom. The van der Waals surface area contributed by atoms with Crippen molar-refractivity contribution in [3.8, 4) is 0 Å². The van der Waals surface area contributed by atoms with Crippen molar-refractivity contribution < 1.29 is 28.6 Å². The van der Waals surface area contributed by atoms with Gasteiger partial charge in [-0.2, -0.15) is 0 Å². The zero-order valence-electron chi connectivity index (χ0n) is 46.8. The second kappa shape index (κ2) is 58.9. The van der Waals surface area contributed by atoms with Crippen LogP contribution in [0.4, 0.5) is 0 Å². The van der Waals surface area contributed by atoms with Gasteiger partial charge in [-0.3, -0.25) is 14.4 Å². The van der Waals surface area contributed by atoms with E-state index in [4.69, 9.17) is 14.2 Å². The molecule has 0 radical (unpaired) electrons. The molecule has 0 rings (SSSR count). The predicted molar refractivity (Wildman–Crippen MR) is 302 cm³/mol. The van der Waals surface area contributed by atoms with E-state index in [2.05, 4.69) is 69.4 Å². The Labute approximate surface area is 435 Å². The van der Waals surface area contributed by atoms with Crippen molar-refractivity contribution in [2.45, 2.75) is 329 Å². The molecule has 0 N–H and O–H groups in total. The van der Waals surface area contributed by atoms with Crippen LogP contribution < -0.4 is 0 Å². The van der Waals surface area contributed by atoms with Gasteiger partial charge in [0.2, 0.25) is 0 Å². The lowest BCUT2D eigenvalue weighted by Crippen LogP contribution is -2.30. The fourth-order valence-electron chi connectivity index (χ4n) is 8.92. The first-order chi connectivity index (χ1) is 34.5. The van der Waals surface area contributed by atoms with E-state index in [1.165, 1.54) is 199 Å². The van der Waals surface area contributed by atoms with E-state index in [1.54, 1.807) is 0 Å². The summed E-state index contributed by atoms with van der Waals surface area (Å²) in [6.45, 7) is 6.63. The van der Waals surface area contributed by atoms with Crippen LogP contribution in [0.3, 0.4) is 0 Å². The minimum atomic E-state index is -0.779. The van der Waals surface area contributed by atoms with E-state index in [1.807, 2.05) is 0 Å². The lowest BCUT2D eigenvalue weighted by Gasteiger charge is -2.18. The number of carbonyl (C=O) groups excluding carboxylic acids is 3. The first kappa shape index (κ1) is 67.4. The first-order valence-corrected chi connectivity index (χ1v) is 30.6.